The van der Waals surface area contributed by atoms with Gasteiger partial charge >= 0.3 is 12.1 Å². The van der Waals surface area contributed by atoms with Crippen LogP contribution in [0.15, 0.2) is 4.99 Å². The highest BCUT2D eigenvalue weighted by Gasteiger charge is 1.92. The molecule has 6 heteroatoms. The molecule has 9 heavy (non-hydrogen) atoms. The molecule has 0 heterocycles. The van der Waals surface area contributed by atoms with Crippen molar-refractivity contribution in [1.29, 1.82) is 0 Å². The van der Waals surface area contributed by atoms with Crippen molar-refractivity contribution < 1.29 is 8.98 Å². The minimum Gasteiger partial charge on any atom is -0.391 e. The number of nitrogens with zero attached hydrogens (tertiary/aromatic N) is 1. The summed E-state index contributed by atoms with van der Waals surface area (Å²) in [5, 5.41) is 0. The Hall–Kier alpha value is -0.910. The molecule has 0 fully saturated rings. The maximum absolute atomic E-state index is 9.95. The molecule has 0 atom stereocenters. The first kappa shape index (κ1) is 8.09. The molecule has 0 aliphatic rings. The van der Waals surface area contributed by atoms with Crippen LogP contribution in [-0.4, -0.2) is 18.3 Å². The van der Waals surface area contributed by atoms with Gasteiger partial charge in [-0.1, -0.05) is 0 Å². The van der Waals surface area contributed by atoms with E-state index in [-0.39, 0.29) is 6.02 Å². The Bertz CT molecular complexity index is 135. The predicted octanol–water partition coefficient (Wildman–Crippen LogP) is -0.326. The summed E-state index contributed by atoms with van der Waals surface area (Å²) in [6, 6.07) is -1.09. The maximum atomic E-state index is 9.95. The summed E-state index contributed by atoms with van der Waals surface area (Å²) in [5.74, 6) is 0. The van der Waals surface area contributed by atoms with Crippen LogP contribution < -0.4 is 11.5 Å². The summed E-state index contributed by atoms with van der Waals surface area (Å²) in [5.41, 5.74) is 9.62. The number of nitrogens with two attached hydrogens (primary N) is 2. The summed E-state index contributed by atoms with van der Waals surface area (Å²) in [6.45, 7) is 0. The molecule has 5 nitrogen and oxygen atoms in total. The van der Waals surface area contributed by atoms with Crippen molar-refractivity contribution in [1.82, 2.24) is 0 Å². The first-order valence-electron chi connectivity index (χ1n) is 2.01. The number of aliphatic imine (C=N–C) groups is 1. The number of primary amides is 1. The molecule has 0 aromatic carbocycles. The van der Waals surface area contributed by atoms with E-state index in [2.05, 4.69) is 14.9 Å². The topological polar surface area (TPSA) is 90.7 Å². The summed E-state index contributed by atoms with van der Waals surface area (Å²) in [4.78, 5) is 13.0. The number of amides is 2. The van der Waals surface area contributed by atoms with Crippen LogP contribution in [0.2, 0.25) is 0 Å². The molecule has 2 amide bonds. The van der Waals surface area contributed by atoms with Gasteiger partial charge in [-0.3, -0.25) is 0 Å². The van der Waals surface area contributed by atoms with Crippen LogP contribution in [0.25, 0.3) is 0 Å². The molecule has 0 aliphatic heterocycles. The van der Waals surface area contributed by atoms with Crippen molar-refractivity contribution in [2.24, 2.45) is 16.5 Å². The minimum absolute atomic E-state index is 0.227. The quantitative estimate of drug-likeness (QED) is 0.303. The van der Waals surface area contributed by atoms with Crippen molar-refractivity contribution in [3.63, 3.8) is 0 Å². The summed E-state index contributed by atoms with van der Waals surface area (Å²) in [7, 11) is 0. The van der Waals surface area contributed by atoms with Crippen molar-refractivity contribution in [3.8, 4) is 0 Å². The lowest BCUT2D eigenvalue weighted by atomic mass is 11.0. The van der Waals surface area contributed by atoms with Gasteiger partial charge in [0, 0.05) is 6.26 Å². The lowest BCUT2D eigenvalue weighted by Gasteiger charge is -1.94. The zero-order valence-electron chi connectivity index (χ0n) is 4.83. The number of hydrogen-bond acceptors (Lipinski definition) is 3. The Balaban J connectivity index is 3.69. The molecule has 0 aromatic rings. The second-order valence-corrected chi connectivity index (χ2v) is 1.54. The Kier molecular flexibility index (Phi) is 3.61. The number of hydrogen-bond donors (Lipinski definition) is 2. The number of carbonyl (C=O) groups excluding carboxylic acids is 1. The van der Waals surface area contributed by atoms with Crippen molar-refractivity contribution >= 4 is 24.1 Å². The molecule has 4 N–H and O–H groups in total. The van der Waals surface area contributed by atoms with Crippen molar-refractivity contribution in [2.75, 3.05) is 6.26 Å². The third-order valence-corrected chi connectivity index (χ3v) is 0.727. The molecule has 0 aliphatic carbocycles. The highest BCUT2D eigenvalue weighted by atomic mass is 32.2. The molecular formula is C3H7N3O2S. The molecule has 0 rings (SSSR count). The molecule has 0 saturated heterocycles. The molecule has 0 unspecified atom stereocenters. The minimum atomic E-state index is -0.860. The Morgan fingerprint density at radius 1 is 1.67 bits per heavy atom. The predicted molar refractivity (Wildman–Crippen MR) is 35.8 cm³/mol. The second-order valence-electron chi connectivity index (χ2n) is 1.04. The SMILES string of the molecule is CSOC(N)=NC(N)=O. The summed E-state index contributed by atoms with van der Waals surface area (Å²) < 4.78 is 4.50. The smallest absolute Gasteiger partial charge is 0.342 e. The standard InChI is InChI=1S/C3H7N3O2S/c1-9-8-3(5)6-2(4)7/h1H3,(H4,4,5,6,7). The normalized spacial score (nSPS) is 11.0. The average molecular weight is 149 g/mol. The van der Waals surface area contributed by atoms with Gasteiger partial charge in [0.15, 0.2) is 0 Å². The van der Waals surface area contributed by atoms with E-state index in [0.717, 1.165) is 12.0 Å². The number of urea groups is 1. The van der Waals surface area contributed by atoms with E-state index in [1.54, 1.807) is 6.26 Å². The van der Waals surface area contributed by atoms with Crippen LogP contribution in [0, 0.1) is 0 Å². The number of rotatable bonds is 1. The average Bonchev–Trinajstić information content (AvgIpc) is 1.63. The van der Waals surface area contributed by atoms with Gasteiger partial charge in [0.05, 0.1) is 12.0 Å². The lowest BCUT2D eigenvalue weighted by Crippen LogP contribution is -2.17. The molecule has 0 saturated carbocycles. The van der Waals surface area contributed by atoms with Crippen LogP contribution >= 0.6 is 12.0 Å². The van der Waals surface area contributed by atoms with Crippen LogP contribution in [-0.2, 0) is 4.18 Å². The van der Waals surface area contributed by atoms with E-state index in [1.807, 2.05) is 0 Å². The fourth-order valence-corrected chi connectivity index (χ4v) is 0.421. The van der Waals surface area contributed by atoms with E-state index in [4.69, 9.17) is 5.73 Å². The van der Waals surface area contributed by atoms with E-state index < -0.39 is 6.03 Å². The fourth-order valence-electron chi connectivity index (χ4n) is 0.213. The number of carbonyl (C=O) groups is 1. The maximum Gasteiger partial charge on any atom is 0.342 e. The molecule has 0 bridgehead atoms. The Labute approximate surface area is 56.7 Å². The zero-order valence-corrected chi connectivity index (χ0v) is 5.64. The number of amidine groups is 1. The van der Waals surface area contributed by atoms with Crippen molar-refractivity contribution in [2.45, 2.75) is 0 Å². The Morgan fingerprint density at radius 2 is 2.22 bits per heavy atom. The molecule has 0 radical (unpaired) electrons. The lowest BCUT2D eigenvalue weighted by molar-refractivity contribution is 0.256. The second kappa shape index (κ2) is 4.02. The first-order chi connectivity index (χ1) is 4.16. The van der Waals surface area contributed by atoms with E-state index >= 15 is 0 Å². The first-order valence-corrected chi connectivity index (χ1v) is 3.16. The van der Waals surface area contributed by atoms with Gasteiger partial charge in [-0.15, -0.1) is 4.99 Å². The van der Waals surface area contributed by atoms with E-state index in [9.17, 15) is 4.79 Å². The van der Waals surface area contributed by atoms with Gasteiger partial charge in [-0.25, -0.2) is 4.79 Å². The van der Waals surface area contributed by atoms with Crippen LogP contribution in [0.5, 0.6) is 0 Å². The van der Waals surface area contributed by atoms with Crippen LogP contribution in [0.3, 0.4) is 0 Å². The van der Waals surface area contributed by atoms with E-state index in [0.29, 0.717) is 0 Å². The third-order valence-electron chi connectivity index (χ3n) is 0.389. The van der Waals surface area contributed by atoms with E-state index in [1.165, 1.54) is 0 Å². The summed E-state index contributed by atoms with van der Waals surface area (Å²) >= 11 is 0.988. The van der Waals surface area contributed by atoms with Crippen LogP contribution in [0.1, 0.15) is 0 Å². The zero-order chi connectivity index (χ0) is 7.28. The summed E-state index contributed by atoms with van der Waals surface area (Å²) in [6.07, 6.45) is 1.64. The van der Waals surface area contributed by atoms with Crippen molar-refractivity contribution in [3.05, 3.63) is 0 Å². The van der Waals surface area contributed by atoms with Crippen LogP contribution in [0.4, 0.5) is 4.79 Å². The third kappa shape index (κ3) is 4.95. The highest BCUT2D eigenvalue weighted by molar-refractivity contribution is 7.94. The highest BCUT2D eigenvalue weighted by Crippen LogP contribution is 1.92. The van der Waals surface area contributed by atoms with Gasteiger partial charge in [0.25, 0.3) is 0 Å². The fraction of sp³-hybridized carbons (Fsp3) is 0.333. The van der Waals surface area contributed by atoms with Gasteiger partial charge in [0.1, 0.15) is 0 Å². The molecule has 0 spiro atoms. The van der Waals surface area contributed by atoms with Gasteiger partial charge < -0.3 is 15.7 Å². The van der Waals surface area contributed by atoms with Gasteiger partial charge in [-0.2, -0.15) is 0 Å². The Morgan fingerprint density at radius 3 is 2.56 bits per heavy atom. The monoisotopic (exact) mass is 149 g/mol. The molecular weight excluding hydrogens is 142 g/mol. The largest absolute Gasteiger partial charge is 0.391 e. The van der Waals surface area contributed by atoms with Gasteiger partial charge in [-0.05, 0) is 0 Å². The van der Waals surface area contributed by atoms with Gasteiger partial charge in [0.2, 0.25) is 0 Å². The molecule has 52 valence electrons. The molecule has 0 aromatic heterocycles.